The van der Waals surface area contributed by atoms with Crippen molar-refractivity contribution in [2.45, 2.75) is 18.8 Å². The molecular weight excluding hydrogens is 266 g/mol. The van der Waals surface area contributed by atoms with Crippen molar-refractivity contribution < 1.29 is 9.53 Å². The summed E-state index contributed by atoms with van der Waals surface area (Å²) in [4.78, 5) is 19.4. The van der Waals surface area contributed by atoms with E-state index in [1.54, 1.807) is 36.7 Å². The van der Waals surface area contributed by atoms with Crippen LogP contribution in [0.4, 0.5) is 0 Å². The Balaban J connectivity index is 1.82. The van der Waals surface area contributed by atoms with E-state index in [0.29, 0.717) is 23.1 Å². The number of aromatic nitrogens is 2. The number of rotatable bonds is 4. The molecule has 21 heavy (non-hydrogen) atoms. The smallest absolute Gasteiger partial charge is 0.241 e. The van der Waals surface area contributed by atoms with Gasteiger partial charge in [-0.05, 0) is 50.2 Å². The molecule has 0 amide bonds. The molecule has 0 radical (unpaired) electrons. The maximum absolute atomic E-state index is 10.7. The number of hydrogen-bond donors (Lipinski definition) is 1. The van der Waals surface area contributed by atoms with Crippen molar-refractivity contribution in [3.8, 4) is 11.6 Å². The van der Waals surface area contributed by atoms with Gasteiger partial charge >= 0.3 is 0 Å². The zero-order chi connectivity index (χ0) is 14.5. The van der Waals surface area contributed by atoms with Crippen LogP contribution < -0.4 is 10.1 Å². The van der Waals surface area contributed by atoms with Gasteiger partial charge in [-0.25, -0.2) is 4.98 Å². The summed E-state index contributed by atoms with van der Waals surface area (Å²) >= 11 is 0. The first-order valence-electron chi connectivity index (χ1n) is 7.11. The lowest BCUT2D eigenvalue weighted by molar-refractivity contribution is 0.112. The second-order valence-electron chi connectivity index (χ2n) is 5.06. The van der Waals surface area contributed by atoms with Gasteiger partial charge in [-0.3, -0.25) is 9.78 Å². The maximum Gasteiger partial charge on any atom is 0.241 e. The molecule has 0 spiro atoms. The van der Waals surface area contributed by atoms with Gasteiger partial charge in [0.25, 0.3) is 0 Å². The number of ether oxygens (including phenoxy) is 1. The summed E-state index contributed by atoms with van der Waals surface area (Å²) in [6.07, 6.45) is 6.24. The summed E-state index contributed by atoms with van der Waals surface area (Å²) < 4.78 is 5.85. The van der Waals surface area contributed by atoms with Crippen LogP contribution in [0.5, 0.6) is 11.6 Å². The maximum atomic E-state index is 10.7. The second-order valence-corrected chi connectivity index (χ2v) is 5.06. The monoisotopic (exact) mass is 283 g/mol. The minimum absolute atomic E-state index is 0.379. The van der Waals surface area contributed by atoms with Crippen molar-refractivity contribution >= 4 is 6.29 Å². The first-order valence-corrected chi connectivity index (χ1v) is 7.11. The Bertz CT molecular complexity index is 607. The van der Waals surface area contributed by atoms with E-state index in [9.17, 15) is 4.79 Å². The van der Waals surface area contributed by atoms with Crippen LogP contribution in [0.1, 0.15) is 34.8 Å². The van der Waals surface area contributed by atoms with Gasteiger partial charge in [0.2, 0.25) is 5.88 Å². The Kier molecular flexibility index (Phi) is 4.21. The molecule has 0 aliphatic carbocycles. The Morgan fingerprint density at radius 3 is 2.52 bits per heavy atom. The van der Waals surface area contributed by atoms with Gasteiger partial charge in [0.15, 0.2) is 0 Å². The number of aldehydes is 1. The molecule has 0 bridgehead atoms. The minimum Gasteiger partial charge on any atom is -0.437 e. The molecule has 0 unspecified atom stereocenters. The van der Waals surface area contributed by atoms with Crippen molar-refractivity contribution in [3.63, 3.8) is 0 Å². The fourth-order valence-electron chi connectivity index (χ4n) is 2.52. The van der Waals surface area contributed by atoms with E-state index in [4.69, 9.17) is 4.74 Å². The van der Waals surface area contributed by atoms with Gasteiger partial charge in [-0.1, -0.05) is 0 Å². The molecule has 0 saturated carbocycles. The highest BCUT2D eigenvalue weighted by Gasteiger charge is 2.21. The van der Waals surface area contributed by atoms with Gasteiger partial charge in [-0.2, -0.15) is 0 Å². The lowest BCUT2D eigenvalue weighted by Crippen LogP contribution is -2.27. The zero-order valence-electron chi connectivity index (χ0n) is 11.7. The molecule has 5 nitrogen and oxygen atoms in total. The topological polar surface area (TPSA) is 64.1 Å². The average molecular weight is 283 g/mol. The van der Waals surface area contributed by atoms with E-state index < -0.39 is 0 Å². The summed E-state index contributed by atoms with van der Waals surface area (Å²) in [6.45, 7) is 1.99. The lowest BCUT2D eigenvalue weighted by atomic mass is 9.94. The van der Waals surface area contributed by atoms with Crippen LogP contribution in [0.3, 0.4) is 0 Å². The standard InChI is InChI=1S/C16H17N3O2/c20-11-12-1-3-14(4-2-12)21-16-15(18-9-10-19-16)13-5-7-17-8-6-13/h1-4,9-11,13,17H,5-8H2. The third-order valence-electron chi connectivity index (χ3n) is 3.65. The fourth-order valence-corrected chi connectivity index (χ4v) is 2.52. The summed E-state index contributed by atoms with van der Waals surface area (Å²) in [5.41, 5.74) is 1.54. The van der Waals surface area contributed by atoms with Gasteiger partial charge in [-0.15, -0.1) is 0 Å². The van der Waals surface area contributed by atoms with Crippen LogP contribution in [-0.2, 0) is 0 Å². The molecule has 1 N–H and O–H groups in total. The normalized spacial score (nSPS) is 15.6. The van der Waals surface area contributed by atoms with Crippen molar-refractivity contribution in [1.29, 1.82) is 0 Å². The first-order chi connectivity index (χ1) is 10.4. The molecule has 0 atom stereocenters. The zero-order valence-corrected chi connectivity index (χ0v) is 11.7. The van der Waals surface area contributed by atoms with Gasteiger partial charge in [0.1, 0.15) is 17.7 Å². The SMILES string of the molecule is O=Cc1ccc(Oc2nccnc2C2CCNCC2)cc1. The highest BCUT2D eigenvalue weighted by molar-refractivity contribution is 5.74. The summed E-state index contributed by atoms with van der Waals surface area (Å²) in [5.74, 6) is 1.60. The summed E-state index contributed by atoms with van der Waals surface area (Å²) in [6, 6.07) is 6.99. The molecule has 1 aromatic carbocycles. The molecule has 1 aliphatic rings. The Hall–Kier alpha value is -2.27. The number of piperidine rings is 1. The fraction of sp³-hybridized carbons (Fsp3) is 0.312. The second kappa shape index (κ2) is 6.45. The molecule has 1 aromatic heterocycles. The van der Waals surface area contributed by atoms with Crippen LogP contribution in [0.25, 0.3) is 0 Å². The molecule has 1 aliphatic heterocycles. The summed E-state index contributed by atoms with van der Waals surface area (Å²) in [7, 11) is 0. The average Bonchev–Trinajstić information content (AvgIpc) is 2.57. The van der Waals surface area contributed by atoms with E-state index in [1.165, 1.54) is 0 Å². The van der Waals surface area contributed by atoms with Crippen LogP contribution >= 0.6 is 0 Å². The highest BCUT2D eigenvalue weighted by Crippen LogP contribution is 2.31. The summed E-state index contributed by atoms with van der Waals surface area (Å²) in [5, 5.41) is 3.34. The van der Waals surface area contributed by atoms with Gasteiger partial charge in [0.05, 0.1) is 0 Å². The molecule has 1 saturated heterocycles. The number of hydrogen-bond acceptors (Lipinski definition) is 5. The first kappa shape index (κ1) is 13.7. The third-order valence-corrected chi connectivity index (χ3v) is 3.65. The Labute approximate surface area is 123 Å². The number of nitrogens with zero attached hydrogens (tertiary/aromatic N) is 2. The van der Waals surface area contributed by atoms with E-state index in [0.717, 1.165) is 37.9 Å². The van der Waals surface area contributed by atoms with E-state index in [2.05, 4.69) is 15.3 Å². The number of carbonyl (C=O) groups excluding carboxylic acids is 1. The molecular formula is C16H17N3O2. The van der Waals surface area contributed by atoms with Crippen LogP contribution in [0.15, 0.2) is 36.7 Å². The van der Waals surface area contributed by atoms with Crippen molar-refractivity contribution in [2.75, 3.05) is 13.1 Å². The predicted molar refractivity (Wildman–Crippen MR) is 78.8 cm³/mol. The van der Waals surface area contributed by atoms with Crippen molar-refractivity contribution in [3.05, 3.63) is 47.9 Å². The molecule has 3 rings (SSSR count). The molecule has 2 heterocycles. The van der Waals surface area contributed by atoms with E-state index in [-0.39, 0.29) is 0 Å². The van der Waals surface area contributed by atoms with Crippen molar-refractivity contribution in [2.24, 2.45) is 0 Å². The Morgan fingerprint density at radius 1 is 1.10 bits per heavy atom. The molecule has 108 valence electrons. The number of carbonyl (C=O) groups is 1. The molecule has 1 fully saturated rings. The predicted octanol–water partition coefficient (Wildman–Crippen LogP) is 2.55. The number of benzene rings is 1. The third kappa shape index (κ3) is 3.25. The van der Waals surface area contributed by atoms with Crippen LogP contribution in [0.2, 0.25) is 0 Å². The molecule has 5 heteroatoms. The highest BCUT2D eigenvalue weighted by atomic mass is 16.5. The Morgan fingerprint density at radius 2 is 1.81 bits per heavy atom. The largest absolute Gasteiger partial charge is 0.437 e. The van der Waals surface area contributed by atoms with E-state index >= 15 is 0 Å². The van der Waals surface area contributed by atoms with Crippen LogP contribution in [-0.4, -0.2) is 29.3 Å². The number of nitrogens with one attached hydrogen (secondary N) is 1. The quantitative estimate of drug-likeness (QED) is 0.874. The minimum atomic E-state index is 0.379. The van der Waals surface area contributed by atoms with Crippen LogP contribution in [0, 0.1) is 0 Å². The van der Waals surface area contributed by atoms with E-state index in [1.807, 2.05) is 0 Å². The van der Waals surface area contributed by atoms with Crippen molar-refractivity contribution in [1.82, 2.24) is 15.3 Å². The van der Waals surface area contributed by atoms with Gasteiger partial charge < -0.3 is 10.1 Å². The molecule has 2 aromatic rings. The lowest BCUT2D eigenvalue weighted by Gasteiger charge is -2.23. The van der Waals surface area contributed by atoms with Gasteiger partial charge in [0, 0.05) is 23.9 Å².